The topological polar surface area (TPSA) is 64.7 Å². The first-order chi connectivity index (χ1) is 14.9. The molecule has 1 amide bonds. The summed E-state index contributed by atoms with van der Waals surface area (Å²) in [5.74, 6) is 0.597. The molecule has 0 unspecified atom stereocenters. The van der Waals surface area contributed by atoms with E-state index in [4.69, 9.17) is 20.8 Å². The molecule has 2 aromatic heterocycles. The highest BCUT2D eigenvalue weighted by Gasteiger charge is 2.09. The Bertz CT molecular complexity index is 1290. The van der Waals surface area contributed by atoms with Crippen LogP contribution in [0.2, 0.25) is 5.02 Å². The van der Waals surface area contributed by atoms with E-state index in [2.05, 4.69) is 0 Å². The molecule has 4 rings (SSSR count). The smallest absolute Gasteiger partial charge is 0.253 e. The van der Waals surface area contributed by atoms with Gasteiger partial charge in [-0.1, -0.05) is 29.8 Å². The lowest BCUT2D eigenvalue weighted by molar-refractivity contribution is 0.0827. The second-order valence-electron chi connectivity index (χ2n) is 7.46. The van der Waals surface area contributed by atoms with Crippen LogP contribution in [0.25, 0.3) is 10.8 Å². The van der Waals surface area contributed by atoms with Crippen molar-refractivity contribution in [2.24, 2.45) is 0 Å². The Balaban J connectivity index is 1.41. The van der Waals surface area contributed by atoms with Gasteiger partial charge in [0, 0.05) is 48.5 Å². The van der Waals surface area contributed by atoms with Crippen LogP contribution in [0, 0.1) is 0 Å². The van der Waals surface area contributed by atoms with Gasteiger partial charge in [-0.2, -0.15) is 0 Å². The van der Waals surface area contributed by atoms with Gasteiger partial charge in [0.1, 0.15) is 18.6 Å². The van der Waals surface area contributed by atoms with E-state index in [-0.39, 0.29) is 23.7 Å². The third-order valence-electron chi connectivity index (χ3n) is 4.85. The molecule has 0 spiro atoms. The molecule has 2 heterocycles. The molecule has 31 heavy (non-hydrogen) atoms. The van der Waals surface area contributed by atoms with Crippen molar-refractivity contribution < 1.29 is 13.9 Å². The van der Waals surface area contributed by atoms with Crippen molar-refractivity contribution >= 4 is 28.3 Å². The number of aromatic nitrogens is 1. The average Bonchev–Trinajstić information content (AvgIpc) is 3.14. The second kappa shape index (κ2) is 8.70. The van der Waals surface area contributed by atoms with Crippen molar-refractivity contribution in [3.05, 3.63) is 99.3 Å². The lowest BCUT2D eigenvalue weighted by Crippen LogP contribution is -2.21. The van der Waals surface area contributed by atoms with Gasteiger partial charge >= 0.3 is 0 Å². The van der Waals surface area contributed by atoms with Gasteiger partial charge in [0.05, 0.1) is 6.54 Å². The van der Waals surface area contributed by atoms with Crippen LogP contribution < -0.4 is 10.2 Å². The Morgan fingerprint density at radius 3 is 2.52 bits per heavy atom. The number of halogens is 1. The van der Waals surface area contributed by atoms with Crippen LogP contribution in [-0.4, -0.2) is 29.5 Å². The minimum Gasteiger partial charge on any atom is -0.482 e. The maximum atomic E-state index is 12.4. The van der Waals surface area contributed by atoms with E-state index in [1.807, 2.05) is 35.2 Å². The number of rotatable bonds is 6. The van der Waals surface area contributed by atoms with Crippen molar-refractivity contribution in [1.82, 2.24) is 9.47 Å². The summed E-state index contributed by atoms with van der Waals surface area (Å²) in [5, 5.41) is 2.76. The molecule has 0 aliphatic heterocycles. The third kappa shape index (κ3) is 4.81. The highest BCUT2D eigenvalue weighted by Crippen LogP contribution is 2.21. The number of nitrogens with zero attached hydrogens (tertiary/aromatic N) is 2. The van der Waals surface area contributed by atoms with Gasteiger partial charge in [-0.25, -0.2) is 0 Å². The fraction of sp³-hybridized carbons (Fsp3) is 0.167. The molecule has 0 radical (unpaired) electrons. The number of carbonyl (C=O) groups excluding carboxylic acids is 1. The Hall–Kier alpha value is -3.51. The molecule has 0 atom stereocenters. The molecule has 0 aliphatic rings. The number of hydrogen-bond donors (Lipinski definition) is 0. The molecular weight excluding hydrogens is 416 g/mol. The van der Waals surface area contributed by atoms with Gasteiger partial charge in [-0.15, -0.1) is 0 Å². The van der Waals surface area contributed by atoms with Crippen molar-refractivity contribution in [1.29, 1.82) is 0 Å². The van der Waals surface area contributed by atoms with Gasteiger partial charge in [-0.05, 0) is 35.2 Å². The Kier molecular flexibility index (Phi) is 5.82. The van der Waals surface area contributed by atoms with E-state index in [9.17, 15) is 9.59 Å². The molecule has 0 N–H and O–H groups in total. The van der Waals surface area contributed by atoms with E-state index in [1.165, 1.54) is 17.2 Å². The van der Waals surface area contributed by atoms with Gasteiger partial charge in [-0.3, -0.25) is 9.59 Å². The summed E-state index contributed by atoms with van der Waals surface area (Å²) in [6.45, 7) is 0.619. The first kappa shape index (κ1) is 20.8. The van der Waals surface area contributed by atoms with Crippen LogP contribution in [0.5, 0.6) is 5.75 Å². The Morgan fingerprint density at radius 2 is 1.81 bits per heavy atom. The number of carbonyl (C=O) groups is 1. The van der Waals surface area contributed by atoms with Crippen molar-refractivity contribution in [2.45, 2.75) is 13.2 Å². The van der Waals surface area contributed by atoms with Gasteiger partial charge in [0.15, 0.2) is 0 Å². The van der Waals surface area contributed by atoms with E-state index >= 15 is 0 Å². The highest BCUT2D eigenvalue weighted by atomic mass is 35.5. The third-order valence-corrected chi connectivity index (χ3v) is 5.09. The van der Waals surface area contributed by atoms with Crippen LogP contribution in [0.3, 0.4) is 0 Å². The van der Waals surface area contributed by atoms with Crippen LogP contribution in [0.15, 0.2) is 76.4 Å². The highest BCUT2D eigenvalue weighted by molar-refractivity contribution is 6.31. The summed E-state index contributed by atoms with van der Waals surface area (Å²) in [6.07, 6.45) is 5.26. The normalized spacial score (nSPS) is 10.9. The average molecular weight is 437 g/mol. The number of hydrogen-bond acceptors (Lipinski definition) is 4. The Morgan fingerprint density at radius 1 is 1.06 bits per heavy atom. The van der Waals surface area contributed by atoms with Gasteiger partial charge in [0.25, 0.3) is 5.91 Å². The summed E-state index contributed by atoms with van der Waals surface area (Å²) in [5.41, 5.74) is 1.19. The Labute approximate surface area is 184 Å². The summed E-state index contributed by atoms with van der Waals surface area (Å²) in [7, 11) is 3.41. The molecule has 4 aromatic rings. The molecule has 158 valence electrons. The van der Waals surface area contributed by atoms with E-state index in [0.717, 1.165) is 16.3 Å². The summed E-state index contributed by atoms with van der Waals surface area (Å²) in [6, 6.07) is 14.2. The van der Waals surface area contributed by atoms with E-state index < -0.39 is 0 Å². The maximum Gasteiger partial charge on any atom is 0.253 e. The standard InChI is InChI=1S/C24H21ClN2O4/c1-26(2)24(29)17-5-3-16(4-6-17)14-31-23-15-30-21(10-22(23)28)13-27-11-18-7-8-20(25)9-19(18)12-27/h3-12,15H,13-14H2,1-2H3. The first-order valence-electron chi connectivity index (χ1n) is 9.69. The molecule has 7 heteroatoms. The molecule has 6 nitrogen and oxygen atoms in total. The van der Waals surface area contributed by atoms with Gasteiger partial charge in [0.2, 0.25) is 11.2 Å². The van der Waals surface area contributed by atoms with Crippen LogP contribution in [-0.2, 0) is 13.2 Å². The monoisotopic (exact) mass is 436 g/mol. The van der Waals surface area contributed by atoms with Crippen LogP contribution in [0.1, 0.15) is 21.7 Å². The second-order valence-corrected chi connectivity index (χ2v) is 7.90. The van der Waals surface area contributed by atoms with E-state index in [1.54, 1.807) is 38.4 Å². The van der Waals surface area contributed by atoms with Crippen LogP contribution >= 0.6 is 11.6 Å². The maximum absolute atomic E-state index is 12.4. The molecule has 0 aliphatic carbocycles. The quantitative estimate of drug-likeness (QED) is 0.444. The lowest BCUT2D eigenvalue weighted by atomic mass is 10.1. The SMILES string of the molecule is CN(C)C(=O)c1ccc(COc2coc(Cn3cc4ccc(Cl)cc4c3)cc2=O)cc1. The fourth-order valence-electron chi connectivity index (χ4n) is 3.23. The van der Waals surface area contributed by atoms with Gasteiger partial charge < -0.3 is 18.6 Å². The fourth-order valence-corrected chi connectivity index (χ4v) is 3.41. The zero-order valence-electron chi connectivity index (χ0n) is 17.2. The number of benzene rings is 2. The number of fused-ring (bicyclic) bond motifs is 1. The van der Waals surface area contributed by atoms with Crippen molar-refractivity contribution in [2.75, 3.05) is 14.1 Å². The molecule has 0 saturated carbocycles. The number of amides is 1. The minimum absolute atomic E-state index is 0.0672. The summed E-state index contributed by atoms with van der Waals surface area (Å²) in [4.78, 5) is 25.9. The zero-order valence-corrected chi connectivity index (χ0v) is 17.9. The molecular formula is C24H21ClN2O4. The van der Waals surface area contributed by atoms with Crippen molar-refractivity contribution in [3.63, 3.8) is 0 Å². The van der Waals surface area contributed by atoms with E-state index in [0.29, 0.717) is 22.9 Å². The predicted molar refractivity (Wildman–Crippen MR) is 120 cm³/mol. The number of ether oxygens (including phenoxy) is 1. The minimum atomic E-state index is -0.250. The zero-order chi connectivity index (χ0) is 22.0. The molecule has 0 fully saturated rings. The molecule has 2 aromatic carbocycles. The molecule has 0 saturated heterocycles. The van der Waals surface area contributed by atoms with Crippen molar-refractivity contribution in [3.8, 4) is 5.75 Å². The molecule has 0 bridgehead atoms. The largest absolute Gasteiger partial charge is 0.482 e. The first-order valence-corrected chi connectivity index (χ1v) is 10.1. The summed E-state index contributed by atoms with van der Waals surface area (Å²) >= 11 is 6.03. The van der Waals surface area contributed by atoms with Crippen LogP contribution in [0.4, 0.5) is 0 Å². The predicted octanol–water partition coefficient (Wildman–Crippen LogP) is 4.58. The summed E-state index contributed by atoms with van der Waals surface area (Å²) < 4.78 is 13.2. The lowest BCUT2D eigenvalue weighted by Gasteiger charge is -2.11.